The molecule has 2 aromatic rings. The van der Waals surface area contributed by atoms with Crippen LogP contribution in [0.25, 0.3) is 0 Å². The molecule has 0 aromatic heterocycles. The Morgan fingerprint density at radius 1 is 1.15 bits per heavy atom. The minimum absolute atomic E-state index is 0.0656. The first-order valence-electron chi connectivity index (χ1n) is 6.43. The van der Waals surface area contributed by atoms with Gasteiger partial charge in [-0.25, -0.2) is 4.39 Å². The highest BCUT2D eigenvalue weighted by Crippen LogP contribution is 2.23. The molecule has 2 aromatic carbocycles. The average Bonchev–Trinajstić information content (AvgIpc) is 2.38. The Kier molecular flexibility index (Phi) is 4.35. The fourth-order valence-electron chi connectivity index (χ4n) is 1.93. The van der Waals surface area contributed by atoms with E-state index < -0.39 is 5.82 Å². The molecule has 0 aliphatic carbocycles. The Labute approximate surface area is 123 Å². The molecule has 0 unspecified atom stereocenters. The van der Waals surface area contributed by atoms with Gasteiger partial charge in [0.15, 0.2) is 0 Å². The molecule has 0 aliphatic rings. The summed E-state index contributed by atoms with van der Waals surface area (Å²) in [5.41, 5.74) is 8.54. The number of hydrogen-bond acceptors (Lipinski definition) is 2. The van der Waals surface area contributed by atoms with Gasteiger partial charge in [0.25, 0.3) is 0 Å². The van der Waals surface area contributed by atoms with Crippen LogP contribution in [0.1, 0.15) is 30.9 Å². The summed E-state index contributed by atoms with van der Waals surface area (Å²) in [6.45, 7) is 4.27. The molecule has 0 fully saturated rings. The van der Waals surface area contributed by atoms with Gasteiger partial charge in [0, 0.05) is 16.9 Å². The van der Waals surface area contributed by atoms with Crippen LogP contribution in [0.2, 0.25) is 0 Å². The molecule has 0 amide bonds. The number of thiocarbonyl (C=S) groups is 1. The van der Waals surface area contributed by atoms with Crippen LogP contribution in [0.4, 0.5) is 15.8 Å². The van der Waals surface area contributed by atoms with E-state index in [0.29, 0.717) is 11.6 Å². The van der Waals surface area contributed by atoms with Crippen molar-refractivity contribution in [1.29, 1.82) is 0 Å². The van der Waals surface area contributed by atoms with Crippen molar-refractivity contribution in [2.45, 2.75) is 19.8 Å². The summed E-state index contributed by atoms with van der Waals surface area (Å²) in [4.78, 5) is 0.0656. The van der Waals surface area contributed by atoms with Crippen molar-refractivity contribution in [1.82, 2.24) is 0 Å². The number of nitrogens with two attached hydrogens (primary N) is 1. The Hall–Kier alpha value is -1.94. The number of halogens is 1. The Morgan fingerprint density at radius 3 is 2.45 bits per heavy atom. The minimum atomic E-state index is -0.414. The van der Waals surface area contributed by atoms with E-state index in [1.54, 1.807) is 12.1 Å². The molecule has 2 nitrogen and oxygen atoms in total. The van der Waals surface area contributed by atoms with Gasteiger partial charge in [-0.15, -0.1) is 0 Å². The topological polar surface area (TPSA) is 38.0 Å². The molecule has 2 rings (SSSR count). The number of nitrogens with one attached hydrogen (secondary N) is 1. The van der Waals surface area contributed by atoms with Crippen molar-refractivity contribution in [3.63, 3.8) is 0 Å². The Morgan fingerprint density at radius 2 is 1.85 bits per heavy atom. The molecule has 4 heteroatoms. The summed E-state index contributed by atoms with van der Waals surface area (Å²) < 4.78 is 13.8. The van der Waals surface area contributed by atoms with Crippen LogP contribution in [-0.4, -0.2) is 4.99 Å². The highest BCUT2D eigenvalue weighted by atomic mass is 32.1. The number of rotatable bonds is 4. The van der Waals surface area contributed by atoms with Crippen LogP contribution in [0.3, 0.4) is 0 Å². The highest BCUT2D eigenvalue weighted by Gasteiger charge is 2.06. The summed E-state index contributed by atoms with van der Waals surface area (Å²) >= 11 is 4.79. The smallest absolute Gasteiger partial charge is 0.135 e. The standard InChI is InChI=1S/C16H17FN2S/c1-10(2)11-4-3-5-12(8-11)19-13-6-7-14(16(18)20)15(17)9-13/h3-10,19H,1-2H3,(H2,18,20). The van der Waals surface area contributed by atoms with Crippen molar-refractivity contribution < 1.29 is 4.39 Å². The first-order chi connectivity index (χ1) is 9.47. The quantitative estimate of drug-likeness (QED) is 0.823. The third-order valence-corrected chi connectivity index (χ3v) is 3.30. The third-order valence-electron chi connectivity index (χ3n) is 3.08. The normalized spacial score (nSPS) is 10.6. The lowest BCUT2D eigenvalue weighted by molar-refractivity contribution is 0.626. The summed E-state index contributed by atoms with van der Waals surface area (Å²) in [7, 11) is 0. The molecule has 0 bridgehead atoms. The monoisotopic (exact) mass is 288 g/mol. The summed E-state index contributed by atoms with van der Waals surface area (Å²) in [5, 5.41) is 3.18. The van der Waals surface area contributed by atoms with Gasteiger partial charge in [-0.2, -0.15) is 0 Å². The van der Waals surface area contributed by atoms with Gasteiger partial charge in [0.1, 0.15) is 10.8 Å². The number of anilines is 2. The Bertz CT molecular complexity index is 638. The zero-order valence-electron chi connectivity index (χ0n) is 11.5. The van der Waals surface area contributed by atoms with Crippen LogP contribution in [0.5, 0.6) is 0 Å². The van der Waals surface area contributed by atoms with Gasteiger partial charge in [0.2, 0.25) is 0 Å². The molecular formula is C16H17FN2S. The van der Waals surface area contributed by atoms with E-state index in [4.69, 9.17) is 18.0 Å². The molecule has 0 heterocycles. The van der Waals surface area contributed by atoms with Gasteiger partial charge in [-0.1, -0.05) is 38.2 Å². The van der Waals surface area contributed by atoms with Crippen LogP contribution in [0, 0.1) is 5.82 Å². The lowest BCUT2D eigenvalue weighted by Gasteiger charge is -2.11. The van der Waals surface area contributed by atoms with Gasteiger partial charge < -0.3 is 11.1 Å². The van der Waals surface area contributed by atoms with E-state index in [9.17, 15) is 4.39 Å². The molecule has 104 valence electrons. The summed E-state index contributed by atoms with van der Waals surface area (Å²) in [5.74, 6) is 0.0352. The molecule has 0 spiro atoms. The fourth-order valence-corrected chi connectivity index (χ4v) is 2.10. The number of benzene rings is 2. The molecule has 0 aliphatic heterocycles. The SMILES string of the molecule is CC(C)c1cccc(Nc2ccc(C(N)=S)c(F)c2)c1. The first-order valence-corrected chi connectivity index (χ1v) is 6.84. The lowest BCUT2D eigenvalue weighted by atomic mass is 10.0. The second-order valence-corrected chi connectivity index (χ2v) is 5.40. The van der Waals surface area contributed by atoms with Gasteiger partial charge in [-0.05, 0) is 41.8 Å². The maximum atomic E-state index is 13.8. The van der Waals surface area contributed by atoms with Crippen molar-refractivity contribution >= 4 is 28.6 Å². The van der Waals surface area contributed by atoms with Crippen molar-refractivity contribution in [2.24, 2.45) is 5.73 Å². The molecule has 0 atom stereocenters. The van der Waals surface area contributed by atoms with Crippen LogP contribution < -0.4 is 11.1 Å². The predicted molar refractivity (Wildman–Crippen MR) is 86.1 cm³/mol. The predicted octanol–water partition coefficient (Wildman–Crippen LogP) is 4.33. The summed E-state index contributed by atoms with van der Waals surface area (Å²) in [6, 6.07) is 12.8. The average molecular weight is 288 g/mol. The van der Waals surface area contributed by atoms with Crippen molar-refractivity contribution in [3.05, 3.63) is 59.4 Å². The summed E-state index contributed by atoms with van der Waals surface area (Å²) in [6.07, 6.45) is 0. The lowest BCUT2D eigenvalue weighted by Crippen LogP contribution is -2.11. The fraction of sp³-hybridized carbons (Fsp3) is 0.188. The van der Waals surface area contributed by atoms with E-state index >= 15 is 0 Å². The van der Waals surface area contributed by atoms with E-state index in [1.807, 2.05) is 12.1 Å². The van der Waals surface area contributed by atoms with E-state index in [1.165, 1.54) is 11.6 Å². The number of hydrogen-bond donors (Lipinski definition) is 2. The molecule has 0 saturated carbocycles. The first kappa shape index (κ1) is 14.5. The highest BCUT2D eigenvalue weighted by molar-refractivity contribution is 7.80. The van der Waals surface area contributed by atoms with Gasteiger partial charge in [0.05, 0.1) is 0 Å². The zero-order valence-corrected chi connectivity index (χ0v) is 12.3. The maximum absolute atomic E-state index is 13.8. The van der Waals surface area contributed by atoms with Gasteiger partial charge in [-0.3, -0.25) is 0 Å². The molecule has 3 N–H and O–H groups in total. The van der Waals surface area contributed by atoms with Crippen LogP contribution in [-0.2, 0) is 0 Å². The second-order valence-electron chi connectivity index (χ2n) is 4.96. The second kappa shape index (κ2) is 6.01. The van der Waals surface area contributed by atoms with Crippen LogP contribution >= 0.6 is 12.2 Å². The minimum Gasteiger partial charge on any atom is -0.389 e. The molecular weight excluding hydrogens is 271 g/mol. The van der Waals surface area contributed by atoms with E-state index in [2.05, 4.69) is 31.3 Å². The van der Waals surface area contributed by atoms with Crippen LogP contribution in [0.15, 0.2) is 42.5 Å². The molecule has 20 heavy (non-hydrogen) atoms. The third kappa shape index (κ3) is 3.33. The maximum Gasteiger partial charge on any atom is 0.135 e. The van der Waals surface area contributed by atoms with Gasteiger partial charge >= 0.3 is 0 Å². The Balaban J connectivity index is 2.24. The van der Waals surface area contributed by atoms with Crippen molar-refractivity contribution in [2.75, 3.05) is 5.32 Å². The van der Waals surface area contributed by atoms with E-state index in [-0.39, 0.29) is 10.6 Å². The van der Waals surface area contributed by atoms with Crippen molar-refractivity contribution in [3.8, 4) is 0 Å². The molecule has 0 radical (unpaired) electrons. The molecule has 0 saturated heterocycles. The van der Waals surface area contributed by atoms with E-state index in [0.717, 1.165) is 5.69 Å². The zero-order chi connectivity index (χ0) is 14.7. The largest absolute Gasteiger partial charge is 0.389 e.